The molecule has 1 fully saturated rings. The van der Waals surface area contributed by atoms with Crippen LogP contribution in [-0.2, 0) is 35.1 Å². The maximum atomic E-state index is 14.5. The second-order valence-electron chi connectivity index (χ2n) is 14.2. The van der Waals surface area contributed by atoms with Crippen LogP contribution >= 0.6 is 0 Å². The van der Waals surface area contributed by atoms with Crippen LogP contribution in [0.4, 0.5) is 4.79 Å². The summed E-state index contributed by atoms with van der Waals surface area (Å²) >= 11 is 0. The van der Waals surface area contributed by atoms with Crippen LogP contribution in [-0.4, -0.2) is 64.0 Å². The summed E-state index contributed by atoms with van der Waals surface area (Å²) in [6, 6.07) is 10.7. The third kappa shape index (κ3) is 11.1. The highest BCUT2D eigenvalue weighted by Crippen LogP contribution is 2.35. The van der Waals surface area contributed by atoms with Crippen molar-refractivity contribution >= 4 is 29.8 Å². The number of carbonyl (C=O) groups is 5. The lowest BCUT2D eigenvalue weighted by Crippen LogP contribution is -2.59. The fraction of sp³-hybridized carbons (Fsp3) is 0.528. The van der Waals surface area contributed by atoms with Gasteiger partial charge in [0.15, 0.2) is 0 Å². The van der Waals surface area contributed by atoms with Crippen molar-refractivity contribution in [3.63, 3.8) is 0 Å². The number of alkyl carbamates (subject to hydrolysis) is 1. The average Bonchev–Trinajstić information content (AvgIpc) is 2.91. The van der Waals surface area contributed by atoms with Gasteiger partial charge in [0.05, 0.1) is 6.42 Å². The maximum absolute atomic E-state index is 14.5. The van der Waals surface area contributed by atoms with E-state index in [0.717, 1.165) is 23.1 Å². The molecule has 0 spiro atoms. The normalized spacial score (nSPS) is 15.3. The largest absolute Gasteiger partial charge is 0.458 e. The van der Waals surface area contributed by atoms with Crippen LogP contribution in [0, 0.1) is 13.8 Å². The molecule has 0 saturated heterocycles. The summed E-state index contributed by atoms with van der Waals surface area (Å²) in [5, 5.41) is 5.41. The fourth-order valence-corrected chi connectivity index (χ4v) is 5.25. The smallest absolute Gasteiger partial charge is 0.408 e. The number of hydrogen-bond acceptors (Lipinski definition) is 7. The number of carbonyl (C=O) groups excluding carboxylic acids is 5. The minimum atomic E-state index is -1.39. The van der Waals surface area contributed by atoms with Gasteiger partial charge in [0.25, 0.3) is 0 Å². The van der Waals surface area contributed by atoms with Crippen LogP contribution in [0.2, 0.25) is 0 Å². The van der Waals surface area contributed by atoms with Gasteiger partial charge >= 0.3 is 12.1 Å². The maximum Gasteiger partial charge on any atom is 0.408 e. The van der Waals surface area contributed by atoms with E-state index in [-0.39, 0.29) is 12.5 Å². The third-order valence-electron chi connectivity index (χ3n) is 7.78. The molecule has 11 nitrogen and oxygen atoms in total. The molecule has 3 unspecified atom stereocenters. The zero-order valence-electron chi connectivity index (χ0n) is 28.8. The summed E-state index contributed by atoms with van der Waals surface area (Å²) < 4.78 is 11.1. The van der Waals surface area contributed by atoms with Crippen LogP contribution in [0.15, 0.2) is 48.5 Å². The Morgan fingerprint density at radius 1 is 0.851 bits per heavy atom. The Balaban J connectivity index is 2.09. The van der Waals surface area contributed by atoms with Crippen LogP contribution in [0.1, 0.15) is 95.5 Å². The van der Waals surface area contributed by atoms with Crippen LogP contribution < -0.4 is 16.4 Å². The van der Waals surface area contributed by atoms with E-state index in [4.69, 9.17) is 15.2 Å². The summed E-state index contributed by atoms with van der Waals surface area (Å²) in [6.07, 6.45) is 0.793. The summed E-state index contributed by atoms with van der Waals surface area (Å²) in [6.45, 7) is 14.1. The predicted molar refractivity (Wildman–Crippen MR) is 178 cm³/mol. The average molecular weight is 651 g/mol. The van der Waals surface area contributed by atoms with Crippen molar-refractivity contribution in [1.29, 1.82) is 0 Å². The first kappa shape index (κ1) is 37.1. The Hall–Kier alpha value is -4.41. The zero-order chi connectivity index (χ0) is 35.1. The second kappa shape index (κ2) is 15.5. The van der Waals surface area contributed by atoms with Gasteiger partial charge in [-0.2, -0.15) is 0 Å². The molecule has 47 heavy (non-hydrogen) atoms. The summed E-state index contributed by atoms with van der Waals surface area (Å²) in [7, 11) is 0. The van der Waals surface area contributed by atoms with Crippen molar-refractivity contribution in [2.24, 2.45) is 5.73 Å². The summed E-state index contributed by atoms with van der Waals surface area (Å²) in [5.74, 6) is -2.69. The molecule has 2 aromatic rings. The Morgan fingerprint density at radius 3 is 1.98 bits per heavy atom. The van der Waals surface area contributed by atoms with Gasteiger partial charge in [-0.1, -0.05) is 48.5 Å². The number of nitrogens with one attached hydrogen (secondary N) is 2. The van der Waals surface area contributed by atoms with Crippen LogP contribution in [0.3, 0.4) is 0 Å². The number of nitrogens with two attached hydrogens (primary N) is 1. The Labute approximate surface area is 277 Å². The molecule has 0 aromatic heterocycles. The number of primary amides is 1. The van der Waals surface area contributed by atoms with E-state index < -0.39 is 65.5 Å². The molecule has 4 amide bonds. The molecule has 1 aliphatic carbocycles. The van der Waals surface area contributed by atoms with E-state index in [1.807, 2.05) is 56.3 Å². The molecular formula is C36H50N4O7. The van der Waals surface area contributed by atoms with Crippen molar-refractivity contribution < 1.29 is 33.4 Å². The molecule has 0 bridgehead atoms. The first-order valence-corrected chi connectivity index (χ1v) is 16.1. The predicted octanol–water partition coefficient (Wildman–Crippen LogP) is 4.56. The Morgan fingerprint density at radius 2 is 1.47 bits per heavy atom. The highest BCUT2D eigenvalue weighted by molar-refractivity contribution is 5.96. The van der Waals surface area contributed by atoms with Gasteiger partial charge in [0.2, 0.25) is 17.7 Å². The minimum Gasteiger partial charge on any atom is -0.458 e. The minimum absolute atomic E-state index is 0.156. The molecule has 1 aliphatic rings. The van der Waals surface area contributed by atoms with E-state index in [1.54, 1.807) is 47.6 Å². The third-order valence-corrected chi connectivity index (χ3v) is 7.78. The molecule has 0 radical (unpaired) electrons. The molecule has 3 rings (SSSR count). The molecule has 3 atom stereocenters. The Kier molecular flexibility index (Phi) is 12.2. The standard InChI is InChI=1S/C36H50N4O7/c1-22-17-18-25(19-23(22)2)30(31(42)38-28(33(44)46-35(3,4)5)20-24-13-10-9-11-14-24)40(26-15-12-16-26)32(43)27(21-29(37)41)39-34(45)47-36(6,7)8/h9-11,13-14,17-19,26-28,30H,12,15-16,20-21H2,1-8H3,(H2,37,41)(H,38,42)(H,39,45). The lowest BCUT2D eigenvalue weighted by molar-refractivity contribution is -0.159. The first-order chi connectivity index (χ1) is 21.8. The highest BCUT2D eigenvalue weighted by atomic mass is 16.6. The van der Waals surface area contributed by atoms with Crippen molar-refractivity contribution in [1.82, 2.24) is 15.5 Å². The SMILES string of the molecule is Cc1ccc(C(C(=O)NC(Cc2ccccc2)C(=O)OC(C)(C)C)N(C(=O)C(CC(N)=O)NC(=O)OC(C)(C)C)C2CCC2)cc1C. The number of hydrogen-bond donors (Lipinski definition) is 3. The molecule has 2 aromatic carbocycles. The first-order valence-electron chi connectivity index (χ1n) is 16.1. The van der Waals surface area contributed by atoms with E-state index in [9.17, 15) is 24.0 Å². The van der Waals surface area contributed by atoms with E-state index in [1.165, 1.54) is 4.90 Å². The quantitative estimate of drug-likeness (QED) is 0.284. The van der Waals surface area contributed by atoms with Crippen molar-refractivity contribution in [3.05, 3.63) is 70.8 Å². The fourth-order valence-electron chi connectivity index (χ4n) is 5.25. The Bertz CT molecular complexity index is 1440. The lowest BCUT2D eigenvalue weighted by Gasteiger charge is -2.44. The number of benzene rings is 2. The van der Waals surface area contributed by atoms with Gasteiger partial charge in [0, 0.05) is 12.5 Å². The van der Waals surface area contributed by atoms with Crippen LogP contribution in [0.25, 0.3) is 0 Å². The number of ether oxygens (including phenoxy) is 2. The second-order valence-corrected chi connectivity index (χ2v) is 14.2. The van der Waals surface area contributed by atoms with Gasteiger partial charge < -0.3 is 30.7 Å². The van der Waals surface area contributed by atoms with Crippen molar-refractivity contribution in [3.8, 4) is 0 Å². The number of rotatable bonds is 12. The summed E-state index contributed by atoms with van der Waals surface area (Å²) in [4.78, 5) is 68.9. The molecule has 1 saturated carbocycles. The zero-order valence-corrected chi connectivity index (χ0v) is 28.8. The molecule has 4 N–H and O–H groups in total. The number of amides is 4. The van der Waals surface area contributed by atoms with Crippen molar-refractivity contribution in [2.75, 3.05) is 0 Å². The van der Waals surface area contributed by atoms with Crippen molar-refractivity contribution in [2.45, 2.75) is 123 Å². The van der Waals surface area contributed by atoms with Gasteiger partial charge in [-0.15, -0.1) is 0 Å². The van der Waals surface area contributed by atoms with E-state index >= 15 is 0 Å². The topological polar surface area (TPSA) is 157 Å². The highest BCUT2D eigenvalue weighted by Gasteiger charge is 2.43. The van der Waals surface area contributed by atoms with Gasteiger partial charge in [-0.25, -0.2) is 9.59 Å². The molecule has 0 heterocycles. The molecular weight excluding hydrogens is 600 g/mol. The molecule has 11 heteroatoms. The number of aryl methyl sites for hydroxylation is 2. The van der Waals surface area contributed by atoms with E-state index in [2.05, 4.69) is 10.6 Å². The van der Waals surface area contributed by atoms with E-state index in [0.29, 0.717) is 18.4 Å². The van der Waals surface area contributed by atoms with Gasteiger partial charge in [-0.3, -0.25) is 14.4 Å². The molecule has 256 valence electrons. The van der Waals surface area contributed by atoms with Crippen LogP contribution in [0.5, 0.6) is 0 Å². The summed E-state index contributed by atoms with van der Waals surface area (Å²) in [5.41, 5.74) is 7.06. The van der Waals surface area contributed by atoms with Gasteiger partial charge in [-0.05, 0) is 96.9 Å². The van der Waals surface area contributed by atoms with Gasteiger partial charge in [0.1, 0.15) is 29.3 Å². The molecule has 0 aliphatic heterocycles. The lowest BCUT2D eigenvalue weighted by atomic mass is 9.87. The number of nitrogens with zero attached hydrogens (tertiary/aromatic N) is 1. The monoisotopic (exact) mass is 650 g/mol. The number of esters is 1.